The van der Waals surface area contributed by atoms with E-state index in [0.29, 0.717) is 6.61 Å². The molecule has 11 heavy (non-hydrogen) atoms. The largest absolute Gasteiger partial charge is 0.489 e. The number of ether oxygens (including phenoxy) is 1. The van der Waals surface area contributed by atoms with Crippen molar-refractivity contribution in [2.45, 2.75) is 0 Å². The monoisotopic (exact) mass is 166 g/mol. The van der Waals surface area contributed by atoms with Gasteiger partial charge in [-0.25, -0.2) is 0 Å². The lowest BCUT2D eigenvalue weighted by Gasteiger charge is -2.11. The molecule has 0 bridgehead atoms. The van der Waals surface area contributed by atoms with Gasteiger partial charge in [0.15, 0.2) is 0 Å². The van der Waals surface area contributed by atoms with Crippen molar-refractivity contribution in [3.8, 4) is 5.75 Å². The van der Waals surface area contributed by atoms with E-state index in [9.17, 15) is 0 Å². The third kappa shape index (κ3) is 1.24. The van der Waals surface area contributed by atoms with Crippen molar-refractivity contribution >= 4 is 17.7 Å². The molecule has 1 aliphatic rings. The van der Waals surface area contributed by atoms with E-state index in [2.05, 4.69) is 0 Å². The number of halogens is 1. The van der Waals surface area contributed by atoms with Crippen LogP contribution in [-0.4, -0.2) is 6.61 Å². The molecule has 0 unspecified atom stereocenters. The van der Waals surface area contributed by atoms with Crippen molar-refractivity contribution in [3.05, 3.63) is 34.9 Å². The fraction of sp³-hybridized carbons (Fsp3) is 0.111. The van der Waals surface area contributed by atoms with Crippen molar-refractivity contribution in [2.75, 3.05) is 6.61 Å². The molecule has 1 aromatic carbocycles. The van der Waals surface area contributed by atoms with E-state index >= 15 is 0 Å². The molecule has 2 rings (SSSR count). The first kappa shape index (κ1) is 6.74. The van der Waals surface area contributed by atoms with Crippen LogP contribution in [0.15, 0.2) is 24.3 Å². The lowest BCUT2D eigenvalue weighted by molar-refractivity contribution is 0.358. The highest BCUT2D eigenvalue weighted by atomic mass is 35.5. The Balaban J connectivity index is 2.54. The first-order valence-corrected chi connectivity index (χ1v) is 3.83. The van der Waals surface area contributed by atoms with E-state index in [0.717, 1.165) is 16.3 Å². The first-order chi connectivity index (χ1) is 5.36. The molecule has 0 radical (unpaired) electrons. The minimum atomic E-state index is 0.661. The smallest absolute Gasteiger partial charge is 0.127 e. The first-order valence-electron chi connectivity index (χ1n) is 3.45. The van der Waals surface area contributed by atoms with E-state index in [4.69, 9.17) is 16.3 Å². The number of rotatable bonds is 0. The summed E-state index contributed by atoms with van der Waals surface area (Å²) in [5.41, 5.74) is 1.06. The standard InChI is InChI=1S/C9H7ClO/c10-8-3-4-9-7(6-8)2-1-5-11-9/h1-4,6H,5H2. The van der Waals surface area contributed by atoms with Gasteiger partial charge in [-0.3, -0.25) is 0 Å². The van der Waals surface area contributed by atoms with E-state index < -0.39 is 0 Å². The van der Waals surface area contributed by atoms with Crippen LogP contribution in [0.1, 0.15) is 5.56 Å². The molecule has 1 nitrogen and oxygen atoms in total. The molecule has 0 saturated carbocycles. The molecule has 0 fully saturated rings. The predicted octanol–water partition coefficient (Wildman–Crippen LogP) is 2.75. The zero-order chi connectivity index (χ0) is 7.68. The van der Waals surface area contributed by atoms with Crippen LogP contribution in [0.3, 0.4) is 0 Å². The molecule has 0 aliphatic carbocycles. The molecule has 0 spiro atoms. The fourth-order valence-corrected chi connectivity index (χ4v) is 1.27. The Morgan fingerprint density at radius 3 is 3.18 bits per heavy atom. The zero-order valence-corrected chi connectivity index (χ0v) is 6.64. The summed E-state index contributed by atoms with van der Waals surface area (Å²) in [5, 5.41) is 0.749. The normalized spacial score (nSPS) is 13.9. The van der Waals surface area contributed by atoms with E-state index in [1.165, 1.54) is 0 Å². The Morgan fingerprint density at radius 2 is 2.27 bits per heavy atom. The van der Waals surface area contributed by atoms with Crippen molar-refractivity contribution < 1.29 is 4.74 Å². The van der Waals surface area contributed by atoms with Gasteiger partial charge >= 0.3 is 0 Å². The number of hydrogen-bond donors (Lipinski definition) is 0. The Morgan fingerprint density at radius 1 is 1.36 bits per heavy atom. The Bertz CT molecular complexity index is 304. The second-order valence-corrected chi connectivity index (χ2v) is 2.83. The van der Waals surface area contributed by atoms with E-state index in [-0.39, 0.29) is 0 Å². The molecular weight excluding hydrogens is 160 g/mol. The average molecular weight is 167 g/mol. The molecule has 56 valence electrons. The summed E-state index contributed by atoms with van der Waals surface area (Å²) in [6.07, 6.45) is 3.99. The van der Waals surface area contributed by atoms with Gasteiger partial charge in [0, 0.05) is 10.6 Å². The molecule has 0 atom stereocenters. The summed E-state index contributed by atoms with van der Waals surface area (Å²) in [6.45, 7) is 0.661. The molecule has 1 heterocycles. The summed E-state index contributed by atoms with van der Waals surface area (Å²) in [5.74, 6) is 0.914. The van der Waals surface area contributed by atoms with Crippen molar-refractivity contribution in [2.24, 2.45) is 0 Å². The SMILES string of the molecule is Clc1ccc2c(c1)C=CCO2. The maximum Gasteiger partial charge on any atom is 0.127 e. The van der Waals surface area contributed by atoms with Gasteiger partial charge in [-0.05, 0) is 24.3 Å². The van der Waals surface area contributed by atoms with Crippen LogP contribution < -0.4 is 4.74 Å². The summed E-state index contributed by atoms with van der Waals surface area (Å²) in [6, 6.07) is 5.62. The molecule has 1 aliphatic heterocycles. The lowest BCUT2D eigenvalue weighted by atomic mass is 10.1. The molecule has 0 aromatic heterocycles. The van der Waals surface area contributed by atoms with Crippen molar-refractivity contribution in [1.82, 2.24) is 0 Å². The fourth-order valence-electron chi connectivity index (χ4n) is 1.09. The quantitative estimate of drug-likeness (QED) is 0.576. The van der Waals surface area contributed by atoms with Gasteiger partial charge in [-0.1, -0.05) is 17.7 Å². The maximum absolute atomic E-state index is 5.79. The number of fused-ring (bicyclic) bond motifs is 1. The second-order valence-electron chi connectivity index (χ2n) is 2.40. The lowest BCUT2D eigenvalue weighted by Crippen LogP contribution is -1.99. The van der Waals surface area contributed by atoms with Crippen LogP contribution in [0.5, 0.6) is 5.75 Å². The molecule has 0 amide bonds. The highest BCUT2D eigenvalue weighted by molar-refractivity contribution is 6.30. The highest BCUT2D eigenvalue weighted by Gasteiger charge is 2.03. The van der Waals surface area contributed by atoms with Gasteiger partial charge in [0.1, 0.15) is 12.4 Å². The molecule has 2 heteroatoms. The molecule has 0 N–H and O–H groups in total. The van der Waals surface area contributed by atoms with Crippen LogP contribution in [0.2, 0.25) is 5.02 Å². The number of benzene rings is 1. The van der Waals surface area contributed by atoms with Crippen molar-refractivity contribution in [3.63, 3.8) is 0 Å². The highest BCUT2D eigenvalue weighted by Crippen LogP contribution is 2.26. The minimum Gasteiger partial charge on any atom is -0.489 e. The van der Waals surface area contributed by atoms with Gasteiger partial charge in [-0.15, -0.1) is 0 Å². The van der Waals surface area contributed by atoms with Gasteiger partial charge in [0.25, 0.3) is 0 Å². The third-order valence-corrected chi connectivity index (χ3v) is 1.84. The minimum absolute atomic E-state index is 0.661. The zero-order valence-electron chi connectivity index (χ0n) is 5.88. The second kappa shape index (κ2) is 2.59. The summed E-state index contributed by atoms with van der Waals surface area (Å²) < 4.78 is 5.33. The van der Waals surface area contributed by atoms with Crippen LogP contribution in [-0.2, 0) is 0 Å². The van der Waals surface area contributed by atoms with Crippen molar-refractivity contribution in [1.29, 1.82) is 0 Å². The van der Waals surface area contributed by atoms with Gasteiger partial charge in [0.05, 0.1) is 0 Å². The van der Waals surface area contributed by atoms with Gasteiger partial charge in [-0.2, -0.15) is 0 Å². The summed E-state index contributed by atoms with van der Waals surface area (Å²) in [7, 11) is 0. The third-order valence-electron chi connectivity index (χ3n) is 1.60. The van der Waals surface area contributed by atoms with Crippen LogP contribution in [0.4, 0.5) is 0 Å². The van der Waals surface area contributed by atoms with E-state index in [1.807, 2.05) is 30.4 Å². The average Bonchev–Trinajstić information content (AvgIpc) is 2.04. The topological polar surface area (TPSA) is 9.23 Å². The maximum atomic E-state index is 5.79. The van der Waals surface area contributed by atoms with Gasteiger partial charge in [0.2, 0.25) is 0 Å². The Hall–Kier alpha value is -0.950. The van der Waals surface area contributed by atoms with Gasteiger partial charge < -0.3 is 4.74 Å². The summed E-state index contributed by atoms with van der Waals surface area (Å²) in [4.78, 5) is 0. The van der Waals surface area contributed by atoms with Crippen LogP contribution >= 0.6 is 11.6 Å². The van der Waals surface area contributed by atoms with Crippen LogP contribution in [0, 0.1) is 0 Å². The molecule has 1 aromatic rings. The summed E-state index contributed by atoms with van der Waals surface area (Å²) >= 11 is 5.79. The van der Waals surface area contributed by atoms with E-state index in [1.54, 1.807) is 0 Å². The molecular formula is C9H7ClO. The molecule has 0 saturated heterocycles. The Labute approximate surface area is 70.2 Å². The predicted molar refractivity (Wildman–Crippen MR) is 46.0 cm³/mol. The van der Waals surface area contributed by atoms with Crippen LogP contribution in [0.25, 0.3) is 6.08 Å². The Kier molecular flexibility index (Phi) is 1.59. The number of hydrogen-bond acceptors (Lipinski definition) is 1.